The summed E-state index contributed by atoms with van der Waals surface area (Å²) in [7, 11) is 0. The van der Waals surface area contributed by atoms with Crippen LogP contribution < -0.4 is 21.3 Å². The molecule has 0 spiro atoms. The van der Waals surface area contributed by atoms with Gasteiger partial charge in [-0.05, 0) is 29.9 Å². The van der Waals surface area contributed by atoms with Gasteiger partial charge in [-0.15, -0.1) is 0 Å². The van der Waals surface area contributed by atoms with Crippen molar-refractivity contribution in [2.45, 2.75) is 0 Å². The fourth-order valence-electron chi connectivity index (χ4n) is 3.28. The van der Waals surface area contributed by atoms with Gasteiger partial charge in [-0.3, -0.25) is 10.1 Å². The van der Waals surface area contributed by atoms with E-state index in [-0.39, 0.29) is 5.92 Å². The van der Waals surface area contributed by atoms with Gasteiger partial charge in [0.1, 0.15) is 5.69 Å². The highest BCUT2D eigenvalue weighted by atomic mass is 15.3. The van der Waals surface area contributed by atoms with E-state index in [2.05, 4.69) is 60.4 Å². The number of aromatic nitrogens is 4. The fraction of sp³-hybridized carbons (Fsp3) is 0.167. The Labute approximate surface area is 143 Å². The summed E-state index contributed by atoms with van der Waals surface area (Å²) in [5.74, 6) is 0.258. The zero-order chi connectivity index (χ0) is 16.6. The molecule has 1 unspecified atom stereocenters. The van der Waals surface area contributed by atoms with Gasteiger partial charge in [0.2, 0.25) is 0 Å². The van der Waals surface area contributed by atoms with Crippen LogP contribution in [0.25, 0.3) is 34.4 Å². The second-order valence-corrected chi connectivity index (χ2v) is 6.19. The van der Waals surface area contributed by atoms with E-state index in [9.17, 15) is 0 Å². The van der Waals surface area contributed by atoms with Gasteiger partial charge in [0, 0.05) is 48.2 Å². The molecule has 0 aromatic carbocycles. The van der Waals surface area contributed by atoms with Crippen molar-refractivity contribution < 1.29 is 0 Å². The predicted molar refractivity (Wildman–Crippen MR) is 97.9 cm³/mol. The molecule has 2 aliphatic rings. The maximum Gasteiger partial charge on any atom is 0.116 e. The average Bonchev–Trinajstić information content (AvgIpc) is 3.33. The van der Waals surface area contributed by atoms with Crippen molar-refractivity contribution in [1.82, 2.24) is 30.9 Å². The largest absolute Gasteiger partial charge is 0.387 e. The van der Waals surface area contributed by atoms with E-state index < -0.39 is 0 Å². The highest BCUT2D eigenvalue weighted by Gasteiger charge is 2.16. The molecule has 5 heterocycles. The SMILES string of the molecule is C1=NNCC1C1=C\NC\C=c2/[nH]nc(-c3cc4ccncc4[nH]3)/c2=C/1. The van der Waals surface area contributed by atoms with Crippen LogP contribution in [0.4, 0.5) is 0 Å². The number of hydrogen-bond donors (Lipinski definition) is 4. The molecule has 0 radical (unpaired) electrons. The number of fused-ring (bicyclic) bond motifs is 2. The predicted octanol–water partition coefficient (Wildman–Crippen LogP) is 0.206. The molecule has 5 rings (SSSR count). The molecular weight excluding hydrogens is 314 g/mol. The minimum Gasteiger partial charge on any atom is -0.387 e. The first-order chi connectivity index (χ1) is 12.4. The van der Waals surface area contributed by atoms with Gasteiger partial charge >= 0.3 is 0 Å². The fourth-order valence-corrected chi connectivity index (χ4v) is 3.28. The number of aromatic amines is 2. The molecule has 0 saturated carbocycles. The van der Waals surface area contributed by atoms with Gasteiger partial charge in [-0.1, -0.05) is 0 Å². The first-order valence-electron chi connectivity index (χ1n) is 8.27. The average molecular weight is 331 g/mol. The van der Waals surface area contributed by atoms with Crippen molar-refractivity contribution >= 4 is 29.3 Å². The molecular formula is C18H17N7. The Morgan fingerprint density at radius 3 is 3.12 bits per heavy atom. The van der Waals surface area contributed by atoms with Crippen LogP contribution >= 0.6 is 0 Å². The summed E-state index contributed by atoms with van der Waals surface area (Å²) in [5.41, 5.74) is 7.11. The van der Waals surface area contributed by atoms with Crippen molar-refractivity contribution in [3.8, 4) is 11.4 Å². The first kappa shape index (κ1) is 14.0. The lowest BCUT2D eigenvalue weighted by Crippen LogP contribution is -2.29. The van der Waals surface area contributed by atoms with E-state index in [1.54, 1.807) is 6.20 Å². The van der Waals surface area contributed by atoms with E-state index in [0.29, 0.717) is 0 Å². The zero-order valence-electron chi connectivity index (χ0n) is 13.5. The molecule has 7 heteroatoms. The number of nitrogens with zero attached hydrogens (tertiary/aromatic N) is 3. The Bertz CT molecular complexity index is 1080. The summed E-state index contributed by atoms with van der Waals surface area (Å²) in [5, 5.41) is 18.4. The van der Waals surface area contributed by atoms with Gasteiger partial charge < -0.3 is 15.7 Å². The first-order valence-corrected chi connectivity index (χ1v) is 8.27. The minimum absolute atomic E-state index is 0.258. The van der Waals surface area contributed by atoms with Gasteiger partial charge in [0.05, 0.1) is 22.8 Å². The van der Waals surface area contributed by atoms with Crippen LogP contribution in [-0.2, 0) is 0 Å². The zero-order valence-corrected chi connectivity index (χ0v) is 13.5. The summed E-state index contributed by atoms with van der Waals surface area (Å²) in [6, 6.07) is 4.11. The molecule has 4 N–H and O–H groups in total. The number of nitrogens with one attached hydrogen (secondary N) is 4. The van der Waals surface area contributed by atoms with Crippen LogP contribution in [0.15, 0.2) is 41.4 Å². The van der Waals surface area contributed by atoms with Crippen LogP contribution in [0.1, 0.15) is 0 Å². The summed E-state index contributed by atoms with van der Waals surface area (Å²) in [4.78, 5) is 7.59. The lowest BCUT2D eigenvalue weighted by molar-refractivity contribution is 0.734. The van der Waals surface area contributed by atoms with Crippen molar-refractivity contribution in [2.75, 3.05) is 13.1 Å². The molecule has 0 amide bonds. The topological polar surface area (TPSA) is 93.8 Å². The molecule has 0 aliphatic carbocycles. The Morgan fingerprint density at radius 2 is 2.24 bits per heavy atom. The maximum atomic E-state index is 4.56. The Hall–Kier alpha value is -3.35. The maximum absolute atomic E-state index is 4.56. The third-order valence-corrected chi connectivity index (χ3v) is 4.60. The number of hydrazone groups is 1. The summed E-state index contributed by atoms with van der Waals surface area (Å²) >= 11 is 0. The van der Waals surface area contributed by atoms with Gasteiger partial charge in [0.15, 0.2) is 0 Å². The second-order valence-electron chi connectivity index (χ2n) is 6.19. The summed E-state index contributed by atoms with van der Waals surface area (Å²) < 4.78 is 0. The van der Waals surface area contributed by atoms with E-state index in [4.69, 9.17) is 0 Å². The van der Waals surface area contributed by atoms with Crippen molar-refractivity contribution in [1.29, 1.82) is 0 Å². The van der Waals surface area contributed by atoms with Crippen LogP contribution in [0.3, 0.4) is 0 Å². The molecule has 2 aliphatic heterocycles. The smallest absolute Gasteiger partial charge is 0.116 e. The van der Waals surface area contributed by atoms with Gasteiger partial charge in [-0.25, -0.2) is 0 Å². The van der Waals surface area contributed by atoms with Crippen molar-refractivity contribution in [3.05, 3.63) is 46.9 Å². The van der Waals surface area contributed by atoms with Crippen LogP contribution in [0, 0.1) is 5.92 Å². The summed E-state index contributed by atoms with van der Waals surface area (Å²) in [6.07, 6.45) is 11.9. The lowest BCUT2D eigenvalue weighted by Gasteiger charge is -2.09. The van der Waals surface area contributed by atoms with Crippen molar-refractivity contribution in [3.63, 3.8) is 0 Å². The Kier molecular flexibility index (Phi) is 3.16. The van der Waals surface area contributed by atoms with E-state index in [0.717, 1.165) is 45.9 Å². The molecule has 124 valence electrons. The highest BCUT2D eigenvalue weighted by Crippen LogP contribution is 2.20. The van der Waals surface area contributed by atoms with E-state index >= 15 is 0 Å². The third kappa shape index (κ3) is 2.40. The van der Waals surface area contributed by atoms with Gasteiger partial charge in [0.25, 0.3) is 0 Å². The Balaban J connectivity index is 1.70. The highest BCUT2D eigenvalue weighted by molar-refractivity contribution is 5.84. The normalized spacial score (nSPS) is 23.8. The number of H-pyrrole nitrogens is 2. The van der Waals surface area contributed by atoms with Crippen LogP contribution in [-0.4, -0.2) is 39.5 Å². The lowest BCUT2D eigenvalue weighted by atomic mass is 9.99. The summed E-state index contributed by atoms with van der Waals surface area (Å²) in [6.45, 7) is 1.56. The molecule has 7 nitrogen and oxygen atoms in total. The number of hydrogen-bond acceptors (Lipinski definition) is 5. The van der Waals surface area contributed by atoms with Crippen molar-refractivity contribution in [2.24, 2.45) is 11.0 Å². The molecule has 25 heavy (non-hydrogen) atoms. The van der Waals surface area contributed by atoms with Gasteiger partial charge in [-0.2, -0.15) is 10.2 Å². The Morgan fingerprint density at radius 1 is 1.24 bits per heavy atom. The molecule has 0 fully saturated rings. The number of rotatable bonds is 2. The molecule has 0 bridgehead atoms. The standard InChI is InChI=1S/C18H17N7/c1-3-20-10-17-11(1)6-16(23-17)18-14-5-12(13-8-21-22-9-13)7-19-4-2-15(14)24-25-18/h1-3,5-8,10,13,19,22-24H,4,9H2/b12-7+,14-5+,15-2-. The quantitative estimate of drug-likeness (QED) is 0.540. The number of pyridine rings is 1. The molecule has 3 aromatic heterocycles. The second kappa shape index (κ2) is 5.62. The third-order valence-electron chi connectivity index (χ3n) is 4.60. The van der Waals surface area contributed by atoms with E-state index in [1.165, 1.54) is 5.57 Å². The van der Waals surface area contributed by atoms with Crippen LogP contribution in [0.2, 0.25) is 0 Å². The molecule has 3 aromatic rings. The van der Waals surface area contributed by atoms with E-state index in [1.807, 2.05) is 18.5 Å². The molecule has 1 atom stereocenters. The monoisotopic (exact) mass is 331 g/mol. The molecule has 0 saturated heterocycles. The van der Waals surface area contributed by atoms with Crippen LogP contribution in [0.5, 0.6) is 0 Å². The minimum atomic E-state index is 0.258.